The molecule has 0 aliphatic carbocycles. The Bertz CT molecular complexity index is 602. The second kappa shape index (κ2) is 6.98. The molecule has 1 aromatic heterocycles. The molecule has 0 fully saturated rings. The van der Waals surface area contributed by atoms with Gasteiger partial charge in [-0.15, -0.1) is 0 Å². The summed E-state index contributed by atoms with van der Waals surface area (Å²) in [6.07, 6.45) is 1.67. The molecule has 0 aliphatic rings. The zero-order valence-electron chi connectivity index (χ0n) is 11.2. The molecule has 0 amide bonds. The molecule has 4 nitrogen and oxygen atoms in total. The molecule has 2 aromatic rings. The summed E-state index contributed by atoms with van der Waals surface area (Å²) < 4.78 is 10.9. The van der Waals surface area contributed by atoms with Crippen LogP contribution in [0.25, 0.3) is 0 Å². The maximum atomic E-state index is 5.69. The number of hydrogen-bond donors (Lipinski definition) is 1. The molecular formula is C15H16N2O2S. The average Bonchev–Trinajstić information content (AvgIpc) is 2.48. The molecule has 0 spiro atoms. The lowest BCUT2D eigenvalue weighted by Gasteiger charge is -2.09. The maximum Gasteiger partial charge on any atom is 0.123 e. The monoisotopic (exact) mass is 288 g/mol. The number of aromatic nitrogens is 1. The van der Waals surface area contributed by atoms with Crippen LogP contribution in [0.3, 0.4) is 0 Å². The number of nitrogens with zero attached hydrogens (tertiary/aromatic N) is 1. The van der Waals surface area contributed by atoms with E-state index in [-0.39, 0.29) is 4.99 Å². The SMILES string of the molecule is COc1cccc(COCc2cccnc2C(N)=S)c1. The molecule has 20 heavy (non-hydrogen) atoms. The third kappa shape index (κ3) is 3.76. The van der Waals surface area contributed by atoms with Crippen LogP contribution < -0.4 is 10.5 Å². The molecular weight excluding hydrogens is 272 g/mol. The fraction of sp³-hybridized carbons (Fsp3) is 0.200. The first-order valence-corrected chi connectivity index (χ1v) is 6.56. The summed E-state index contributed by atoms with van der Waals surface area (Å²) in [4.78, 5) is 4.45. The van der Waals surface area contributed by atoms with Crippen molar-refractivity contribution in [3.63, 3.8) is 0 Å². The summed E-state index contributed by atoms with van der Waals surface area (Å²) in [6.45, 7) is 0.903. The quantitative estimate of drug-likeness (QED) is 0.827. The number of hydrogen-bond acceptors (Lipinski definition) is 4. The van der Waals surface area contributed by atoms with E-state index in [1.54, 1.807) is 13.3 Å². The Kier molecular flexibility index (Phi) is 5.03. The van der Waals surface area contributed by atoms with Gasteiger partial charge in [0, 0.05) is 11.8 Å². The zero-order chi connectivity index (χ0) is 14.4. The lowest BCUT2D eigenvalue weighted by molar-refractivity contribution is 0.106. The van der Waals surface area contributed by atoms with Gasteiger partial charge in [-0.25, -0.2) is 0 Å². The van der Waals surface area contributed by atoms with Crippen molar-refractivity contribution in [1.29, 1.82) is 0 Å². The van der Waals surface area contributed by atoms with E-state index in [9.17, 15) is 0 Å². The van der Waals surface area contributed by atoms with Gasteiger partial charge in [-0.2, -0.15) is 0 Å². The first-order valence-electron chi connectivity index (χ1n) is 6.15. The van der Waals surface area contributed by atoms with Crippen molar-refractivity contribution < 1.29 is 9.47 Å². The Morgan fingerprint density at radius 2 is 2.10 bits per heavy atom. The Morgan fingerprint density at radius 1 is 1.25 bits per heavy atom. The minimum absolute atomic E-state index is 0.283. The van der Waals surface area contributed by atoms with Crippen LogP contribution in [0.2, 0.25) is 0 Å². The topological polar surface area (TPSA) is 57.4 Å². The lowest BCUT2D eigenvalue weighted by atomic mass is 10.2. The van der Waals surface area contributed by atoms with Crippen LogP contribution in [0.5, 0.6) is 5.75 Å². The van der Waals surface area contributed by atoms with Crippen molar-refractivity contribution in [3.05, 3.63) is 59.4 Å². The highest BCUT2D eigenvalue weighted by Gasteiger charge is 2.06. The van der Waals surface area contributed by atoms with E-state index in [2.05, 4.69) is 4.98 Å². The highest BCUT2D eigenvalue weighted by molar-refractivity contribution is 7.80. The summed E-state index contributed by atoms with van der Waals surface area (Å²) in [5, 5.41) is 0. The molecule has 1 heterocycles. The Hall–Kier alpha value is -1.98. The van der Waals surface area contributed by atoms with Crippen molar-refractivity contribution in [3.8, 4) is 5.75 Å². The van der Waals surface area contributed by atoms with Crippen LogP contribution >= 0.6 is 12.2 Å². The molecule has 0 bridgehead atoms. The number of ether oxygens (including phenoxy) is 2. The van der Waals surface area contributed by atoms with E-state index in [0.717, 1.165) is 16.9 Å². The van der Waals surface area contributed by atoms with Gasteiger partial charge in [0.1, 0.15) is 16.4 Å². The number of rotatable bonds is 6. The van der Waals surface area contributed by atoms with Crippen LogP contribution in [0, 0.1) is 0 Å². The highest BCUT2D eigenvalue weighted by atomic mass is 32.1. The van der Waals surface area contributed by atoms with Crippen molar-refractivity contribution in [2.75, 3.05) is 7.11 Å². The van der Waals surface area contributed by atoms with E-state index >= 15 is 0 Å². The summed E-state index contributed by atoms with van der Waals surface area (Å²) in [7, 11) is 1.64. The largest absolute Gasteiger partial charge is 0.497 e. The van der Waals surface area contributed by atoms with E-state index in [1.165, 1.54) is 0 Å². The number of methoxy groups -OCH3 is 1. The van der Waals surface area contributed by atoms with Gasteiger partial charge in [0.15, 0.2) is 0 Å². The fourth-order valence-corrected chi connectivity index (χ4v) is 2.00. The first-order chi connectivity index (χ1) is 9.70. The predicted octanol–water partition coefficient (Wildman–Crippen LogP) is 2.44. The minimum atomic E-state index is 0.283. The zero-order valence-corrected chi connectivity index (χ0v) is 12.0. The van der Waals surface area contributed by atoms with Gasteiger partial charge in [-0.3, -0.25) is 4.98 Å². The number of pyridine rings is 1. The number of nitrogens with two attached hydrogens (primary N) is 1. The van der Waals surface area contributed by atoms with E-state index in [1.807, 2.05) is 36.4 Å². The molecule has 1 aromatic carbocycles. The molecule has 2 rings (SSSR count). The van der Waals surface area contributed by atoms with E-state index in [0.29, 0.717) is 18.9 Å². The number of thiocarbonyl (C=S) groups is 1. The first kappa shape index (κ1) is 14.4. The van der Waals surface area contributed by atoms with Crippen LogP contribution in [0.1, 0.15) is 16.8 Å². The molecule has 0 aliphatic heterocycles. The third-order valence-corrected chi connectivity index (χ3v) is 2.98. The maximum absolute atomic E-state index is 5.69. The van der Waals surface area contributed by atoms with Gasteiger partial charge >= 0.3 is 0 Å². The Labute approximate surface area is 123 Å². The van der Waals surface area contributed by atoms with Gasteiger partial charge in [0.05, 0.1) is 20.3 Å². The Balaban J connectivity index is 1.97. The summed E-state index contributed by atoms with van der Waals surface area (Å²) in [5.41, 5.74) is 8.19. The molecule has 5 heteroatoms. The van der Waals surface area contributed by atoms with Crippen LogP contribution in [-0.4, -0.2) is 17.1 Å². The highest BCUT2D eigenvalue weighted by Crippen LogP contribution is 2.14. The minimum Gasteiger partial charge on any atom is -0.497 e. The van der Waals surface area contributed by atoms with Crippen molar-refractivity contribution in [2.24, 2.45) is 5.73 Å². The normalized spacial score (nSPS) is 10.2. The molecule has 0 saturated heterocycles. The van der Waals surface area contributed by atoms with E-state index < -0.39 is 0 Å². The average molecular weight is 288 g/mol. The lowest BCUT2D eigenvalue weighted by Crippen LogP contribution is -2.14. The number of benzene rings is 1. The third-order valence-electron chi connectivity index (χ3n) is 2.79. The predicted molar refractivity (Wildman–Crippen MR) is 81.6 cm³/mol. The molecule has 0 saturated carbocycles. The van der Waals surface area contributed by atoms with E-state index in [4.69, 9.17) is 27.4 Å². The van der Waals surface area contributed by atoms with Gasteiger partial charge < -0.3 is 15.2 Å². The summed E-state index contributed by atoms with van der Waals surface area (Å²) >= 11 is 4.97. The van der Waals surface area contributed by atoms with Crippen molar-refractivity contribution in [2.45, 2.75) is 13.2 Å². The van der Waals surface area contributed by atoms with Gasteiger partial charge in [-0.1, -0.05) is 30.4 Å². The fourth-order valence-electron chi connectivity index (χ4n) is 1.82. The van der Waals surface area contributed by atoms with Crippen LogP contribution in [-0.2, 0) is 18.0 Å². The standard InChI is InChI=1S/C15H16N2O2S/c1-18-13-6-2-4-11(8-13)9-19-10-12-5-3-7-17-14(12)15(16)20/h2-8H,9-10H2,1H3,(H2,16,20). The molecule has 0 radical (unpaired) electrons. The van der Waals surface area contributed by atoms with Crippen LogP contribution in [0.4, 0.5) is 0 Å². The molecule has 0 atom stereocenters. The molecule has 2 N–H and O–H groups in total. The van der Waals surface area contributed by atoms with Crippen molar-refractivity contribution >= 4 is 17.2 Å². The van der Waals surface area contributed by atoms with Gasteiger partial charge in [-0.05, 0) is 23.8 Å². The van der Waals surface area contributed by atoms with Gasteiger partial charge in [0.2, 0.25) is 0 Å². The second-order valence-electron chi connectivity index (χ2n) is 4.22. The smallest absolute Gasteiger partial charge is 0.123 e. The Morgan fingerprint density at radius 3 is 2.85 bits per heavy atom. The summed E-state index contributed by atoms with van der Waals surface area (Å²) in [5.74, 6) is 0.816. The molecule has 104 valence electrons. The van der Waals surface area contributed by atoms with Crippen LogP contribution in [0.15, 0.2) is 42.6 Å². The van der Waals surface area contributed by atoms with Gasteiger partial charge in [0.25, 0.3) is 0 Å². The van der Waals surface area contributed by atoms with Crippen molar-refractivity contribution in [1.82, 2.24) is 4.98 Å². The second-order valence-corrected chi connectivity index (χ2v) is 4.66. The molecule has 0 unspecified atom stereocenters. The summed E-state index contributed by atoms with van der Waals surface area (Å²) in [6, 6.07) is 11.5.